The second-order valence-corrected chi connectivity index (χ2v) is 9.75. The molecule has 2 heteroatoms. The summed E-state index contributed by atoms with van der Waals surface area (Å²) in [6, 6.07) is 0. The van der Waals surface area contributed by atoms with Crippen molar-refractivity contribution < 1.29 is 9.53 Å². The molecule has 0 N–H and O–H groups in total. The smallest absolute Gasteiger partial charge is 0.305 e. The van der Waals surface area contributed by atoms with Gasteiger partial charge in [0.2, 0.25) is 0 Å². The van der Waals surface area contributed by atoms with E-state index in [0.717, 1.165) is 12.8 Å². The van der Waals surface area contributed by atoms with Crippen LogP contribution in [0.15, 0.2) is 0 Å². The molecule has 0 radical (unpaired) electrons. The van der Waals surface area contributed by atoms with E-state index in [1.54, 1.807) is 0 Å². The minimum absolute atomic E-state index is 0.0186. The Balaban J connectivity index is 3.11. The highest BCUT2D eigenvalue weighted by Crippen LogP contribution is 2.14. The number of hydrogen-bond acceptors (Lipinski definition) is 2. The molecule has 0 amide bonds. The lowest BCUT2D eigenvalue weighted by atomic mass is 10.0. The summed E-state index contributed by atoms with van der Waals surface area (Å²) in [5.74, 6) is 0.0186. The molecule has 2 nitrogen and oxygen atoms in total. The molecule has 0 heterocycles. The molecule has 0 aromatic rings. The van der Waals surface area contributed by atoms with Crippen molar-refractivity contribution in [3.63, 3.8) is 0 Å². The zero-order valence-corrected chi connectivity index (χ0v) is 21.7. The molecule has 0 fully saturated rings. The van der Waals surface area contributed by atoms with Crippen LogP contribution in [0.5, 0.6) is 0 Å². The normalized spacial score (nSPS) is 11.2. The van der Waals surface area contributed by atoms with Crippen molar-refractivity contribution in [3.05, 3.63) is 0 Å². The molecule has 0 rings (SSSR count). The molecule has 31 heavy (non-hydrogen) atoms. The third-order valence-corrected chi connectivity index (χ3v) is 6.50. The highest BCUT2D eigenvalue weighted by atomic mass is 16.5. The van der Waals surface area contributed by atoms with Gasteiger partial charge in [0.25, 0.3) is 0 Å². The molecule has 186 valence electrons. The van der Waals surface area contributed by atoms with Gasteiger partial charge in [0, 0.05) is 6.42 Å². The van der Waals surface area contributed by atoms with Gasteiger partial charge in [-0.1, -0.05) is 155 Å². The van der Waals surface area contributed by atoms with Gasteiger partial charge in [-0.05, 0) is 12.8 Å². The van der Waals surface area contributed by atoms with E-state index >= 15 is 0 Å². The lowest BCUT2D eigenvalue weighted by Gasteiger charge is -2.05. The van der Waals surface area contributed by atoms with Crippen LogP contribution in [0.4, 0.5) is 0 Å². The van der Waals surface area contributed by atoms with E-state index < -0.39 is 0 Å². The number of hydrogen-bond donors (Lipinski definition) is 0. The van der Waals surface area contributed by atoms with Gasteiger partial charge in [-0.3, -0.25) is 4.79 Å². The van der Waals surface area contributed by atoms with Crippen LogP contribution >= 0.6 is 0 Å². The van der Waals surface area contributed by atoms with Crippen molar-refractivity contribution in [3.8, 4) is 0 Å². The molecule has 0 spiro atoms. The Labute approximate surface area is 196 Å². The molecule has 0 saturated heterocycles. The van der Waals surface area contributed by atoms with Gasteiger partial charge in [0.15, 0.2) is 0 Å². The maximum Gasteiger partial charge on any atom is 0.305 e. The molecule has 0 aromatic heterocycles. The predicted molar refractivity (Wildman–Crippen MR) is 138 cm³/mol. The first kappa shape index (κ1) is 30.5. The van der Waals surface area contributed by atoms with E-state index in [2.05, 4.69) is 13.8 Å². The number of carbonyl (C=O) groups excluding carboxylic acids is 1. The van der Waals surface area contributed by atoms with Crippen LogP contribution in [0.25, 0.3) is 0 Å². The first-order valence-corrected chi connectivity index (χ1v) is 14.5. The predicted octanol–water partition coefficient (Wildman–Crippen LogP) is 10.3. The summed E-state index contributed by atoms with van der Waals surface area (Å²) in [5, 5.41) is 0. The van der Waals surface area contributed by atoms with Crippen LogP contribution in [0, 0.1) is 0 Å². The van der Waals surface area contributed by atoms with Crippen LogP contribution in [0.3, 0.4) is 0 Å². The summed E-state index contributed by atoms with van der Waals surface area (Å²) < 4.78 is 5.37. The second kappa shape index (κ2) is 27.5. The monoisotopic (exact) mass is 438 g/mol. The second-order valence-electron chi connectivity index (χ2n) is 9.75. The summed E-state index contributed by atoms with van der Waals surface area (Å²) in [4.78, 5) is 11.7. The zero-order chi connectivity index (χ0) is 22.7. The highest BCUT2D eigenvalue weighted by molar-refractivity contribution is 5.69. The Morgan fingerprint density at radius 1 is 0.419 bits per heavy atom. The molecule has 0 atom stereocenters. The molecule has 0 bridgehead atoms. The largest absolute Gasteiger partial charge is 0.466 e. The standard InChI is InChI=1S/C29H58O2/c1-3-5-7-9-11-12-13-14-15-16-17-18-19-20-22-24-26-28-31-29(30)27-25-23-21-10-8-6-4-2/h3-28H2,1-2H3. The van der Waals surface area contributed by atoms with Crippen molar-refractivity contribution in [2.45, 2.75) is 174 Å². The maximum absolute atomic E-state index is 11.7. The van der Waals surface area contributed by atoms with E-state index in [0.29, 0.717) is 13.0 Å². The number of rotatable bonds is 26. The average Bonchev–Trinajstić information content (AvgIpc) is 2.77. The quantitative estimate of drug-likeness (QED) is 0.0991. The Morgan fingerprint density at radius 2 is 0.710 bits per heavy atom. The minimum Gasteiger partial charge on any atom is -0.466 e. The third-order valence-electron chi connectivity index (χ3n) is 6.50. The fraction of sp³-hybridized carbons (Fsp3) is 0.966. The topological polar surface area (TPSA) is 26.3 Å². The molecule has 0 unspecified atom stereocenters. The van der Waals surface area contributed by atoms with E-state index in [4.69, 9.17) is 4.74 Å². The fourth-order valence-corrected chi connectivity index (χ4v) is 4.31. The molecule has 0 aromatic carbocycles. The van der Waals surface area contributed by atoms with Gasteiger partial charge < -0.3 is 4.74 Å². The lowest BCUT2D eigenvalue weighted by molar-refractivity contribution is -0.143. The SMILES string of the molecule is CCCCCCCCCCCCCCCCCCCOC(=O)CCCCCCCCC. The zero-order valence-electron chi connectivity index (χ0n) is 21.7. The first-order chi connectivity index (χ1) is 15.3. The first-order valence-electron chi connectivity index (χ1n) is 14.5. The summed E-state index contributed by atoms with van der Waals surface area (Å²) in [6.45, 7) is 5.17. The highest BCUT2D eigenvalue weighted by Gasteiger charge is 2.02. The Morgan fingerprint density at radius 3 is 1.06 bits per heavy atom. The molecule has 0 saturated carbocycles. The Bertz CT molecular complexity index is 340. The maximum atomic E-state index is 11.7. The Kier molecular flexibility index (Phi) is 27.0. The van der Waals surface area contributed by atoms with Gasteiger partial charge >= 0.3 is 5.97 Å². The van der Waals surface area contributed by atoms with Crippen molar-refractivity contribution >= 4 is 5.97 Å². The molecule has 0 aliphatic rings. The third kappa shape index (κ3) is 27.4. The van der Waals surface area contributed by atoms with Gasteiger partial charge in [-0.25, -0.2) is 0 Å². The van der Waals surface area contributed by atoms with Crippen LogP contribution in [-0.4, -0.2) is 12.6 Å². The number of ether oxygens (including phenoxy) is 1. The van der Waals surface area contributed by atoms with Gasteiger partial charge in [0.1, 0.15) is 0 Å². The minimum atomic E-state index is 0.0186. The van der Waals surface area contributed by atoms with Gasteiger partial charge in [-0.2, -0.15) is 0 Å². The Hall–Kier alpha value is -0.530. The lowest BCUT2D eigenvalue weighted by Crippen LogP contribution is -2.05. The summed E-state index contributed by atoms with van der Waals surface area (Å²) in [6.07, 6.45) is 32.9. The van der Waals surface area contributed by atoms with Gasteiger partial charge in [-0.15, -0.1) is 0 Å². The number of esters is 1. The fourth-order valence-electron chi connectivity index (χ4n) is 4.31. The van der Waals surface area contributed by atoms with Crippen molar-refractivity contribution in [2.24, 2.45) is 0 Å². The molecular formula is C29H58O2. The van der Waals surface area contributed by atoms with Crippen LogP contribution in [0.2, 0.25) is 0 Å². The number of carbonyl (C=O) groups is 1. The van der Waals surface area contributed by atoms with Crippen LogP contribution < -0.4 is 0 Å². The number of unbranched alkanes of at least 4 members (excludes halogenated alkanes) is 22. The van der Waals surface area contributed by atoms with Crippen LogP contribution in [-0.2, 0) is 9.53 Å². The van der Waals surface area contributed by atoms with E-state index in [1.165, 1.54) is 141 Å². The van der Waals surface area contributed by atoms with E-state index in [-0.39, 0.29) is 5.97 Å². The van der Waals surface area contributed by atoms with E-state index in [1.807, 2.05) is 0 Å². The molecule has 0 aliphatic carbocycles. The molecule has 0 aliphatic heterocycles. The van der Waals surface area contributed by atoms with Crippen molar-refractivity contribution in [1.29, 1.82) is 0 Å². The van der Waals surface area contributed by atoms with Crippen molar-refractivity contribution in [1.82, 2.24) is 0 Å². The van der Waals surface area contributed by atoms with Gasteiger partial charge in [0.05, 0.1) is 6.61 Å². The summed E-state index contributed by atoms with van der Waals surface area (Å²) in [5.41, 5.74) is 0. The summed E-state index contributed by atoms with van der Waals surface area (Å²) in [7, 11) is 0. The summed E-state index contributed by atoms with van der Waals surface area (Å²) >= 11 is 0. The van der Waals surface area contributed by atoms with Crippen molar-refractivity contribution in [2.75, 3.05) is 6.61 Å². The average molecular weight is 439 g/mol. The van der Waals surface area contributed by atoms with E-state index in [9.17, 15) is 4.79 Å². The molecular weight excluding hydrogens is 380 g/mol. The van der Waals surface area contributed by atoms with Crippen LogP contribution in [0.1, 0.15) is 174 Å².